The normalized spacial score (nSPS) is 9.95. The van der Waals surface area contributed by atoms with E-state index < -0.39 is 0 Å². The van der Waals surface area contributed by atoms with Crippen molar-refractivity contribution in [3.05, 3.63) is 24.5 Å². The highest BCUT2D eigenvalue weighted by Gasteiger charge is 2.05. The molecule has 7 nitrogen and oxygen atoms in total. The fourth-order valence-corrected chi connectivity index (χ4v) is 1.23. The largest absolute Gasteiger partial charge is 0.462 e. The molecule has 0 aromatic carbocycles. The Morgan fingerprint density at radius 2 is 2.11 bits per heavy atom. The van der Waals surface area contributed by atoms with Crippen molar-refractivity contribution in [1.82, 2.24) is 15.2 Å². The monoisotopic (exact) mass is 267 g/mol. The molecule has 1 heterocycles. The molecule has 0 unspecified atom stereocenters. The molecule has 0 radical (unpaired) electrons. The molecule has 0 N–H and O–H groups in total. The van der Waals surface area contributed by atoms with Crippen molar-refractivity contribution < 1.29 is 19.2 Å². The van der Waals surface area contributed by atoms with Crippen LogP contribution in [0.2, 0.25) is 0 Å². The van der Waals surface area contributed by atoms with Gasteiger partial charge in [0.05, 0.1) is 19.0 Å². The van der Waals surface area contributed by atoms with Crippen LogP contribution in [-0.2, 0) is 14.3 Å². The molecule has 104 valence electrons. The van der Waals surface area contributed by atoms with E-state index in [1.165, 1.54) is 12.4 Å². The van der Waals surface area contributed by atoms with Crippen LogP contribution in [0.4, 0.5) is 0 Å². The lowest BCUT2D eigenvalue weighted by atomic mass is 10.2. The van der Waals surface area contributed by atoms with Crippen LogP contribution in [0.15, 0.2) is 24.5 Å². The lowest BCUT2D eigenvalue weighted by Crippen LogP contribution is -2.20. The van der Waals surface area contributed by atoms with Gasteiger partial charge >= 0.3 is 11.9 Å². The van der Waals surface area contributed by atoms with E-state index in [9.17, 15) is 9.59 Å². The summed E-state index contributed by atoms with van der Waals surface area (Å²) in [5.41, 5.74) is 0.386. The third-order valence-corrected chi connectivity index (χ3v) is 2.20. The van der Waals surface area contributed by atoms with Crippen LogP contribution in [0.25, 0.3) is 0 Å². The molecule has 1 aromatic rings. The first-order chi connectivity index (χ1) is 9.09. The van der Waals surface area contributed by atoms with Gasteiger partial charge in [-0.2, -0.15) is 0 Å². The summed E-state index contributed by atoms with van der Waals surface area (Å²) in [4.78, 5) is 28.2. The SMILES string of the molecule is C=C(C)C(=O)OCCCCCC(=O)On1ccnn1. The quantitative estimate of drug-likeness (QED) is 0.301. The number of aromatic nitrogens is 3. The average Bonchev–Trinajstić information content (AvgIpc) is 2.85. The zero-order valence-corrected chi connectivity index (χ0v) is 10.9. The van der Waals surface area contributed by atoms with Gasteiger partial charge in [-0.25, -0.2) is 9.59 Å². The molecule has 19 heavy (non-hydrogen) atoms. The number of hydrogen-bond donors (Lipinski definition) is 0. The summed E-state index contributed by atoms with van der Waals surface area (Å²) in [5.74, 6) is -0.755. The van der Waals surface area contributed by atoms with E-state index in [1.807, 2.05) is 0 Å². The Balaban J connectivity index is 2.00. The van der Waals surface area contributed by atoms with Crippen LogP contribution >= 0.6 is 0 Å². The maximum Gasteiger partial charge on any atom is 0.335 e. The number of nitrogens with zero attached hydrogens (tertiary/aromatic N) is 3. The summed E-state index contributed by atoms with van der Waals surface area (Å²) in [6.07, 6.45) is 5.29. The van der Waals surface area contributed by atoms with Crippen LogP contribution in [0.5, 0.6) is 0 Å². The lowest BCUT2D eigenvalue weighted by Gasteiger charge is -2.04. The number of unbranched alkanes of at least 4 members (excludes halogenated alkanes) is 2. The van der Waals surface area contributed by atoms with Gasteiger partial charge in [0.15, 0.2) is 0 Å². The van der Waals surface area contributed by atoms with Gasteiger partial charge in [0.2, 0.25) is 0 Å². The second kappa shape index (κ2) is 8.02. The number of hydrogen-bond acceptors (Lipinski definition) is 6. The number of ether oxygens (including phenoxy) is 1. The van der Waals surface area contributed by atoms with E-state index in [0.717, 1.165) is 11.3 Å². The van der Waals surface area contributed by atoms with Gasteiger partial charge in [0.1, 0.15) is 0 Å². The Kier molecular flexibility index (Phi) is 6.28. The van der Waals surface area contributed by atoms with Crippen molar-refractivity contribution in [1.29, 1.82) is 0 Å². The molecule has 0 atom stereocenters. The van der Waals surface area contributed by atoms with Gasteiger partial charge in [-0.3, -0.25) is 0 Å². The Labute approximate surface area is 111 Å². The minimum Gasteiger partial charge on any atom is -0.462 e. The zero-order valence-electron chi connectivity index (χ0n) is 10.9. The number of rotatable bonds is 8. The highest BCUT2D eigenvalue weighted by molar-refractivity contribution is 5.86. The molecule has 1 rings (SSSR count). The van der Waals surface area contributed by atoms with Crippen LogP contribution in [0.1, 0.15) is 32.6 Å². The molecule has 0 aliphatic heterocycles. The smallest absolute Gasteiger partial charge is 0.335 e. The first-order valence-electron chi connectivity index (χ1n) is 5.99. The van der Waals surface area contributed by atoms with Crippen molar-refractivity contribution in [2.45, 2.75) is 32.6 Å². The molecule has 1 aromatic heterocycles. The molecule has 0 amide bonds. The van der Waals surface area contributed by atoms with Crippen molar-refractivity contribution in [2.24, 2.45) is 0 Å². The minimum atomic E-state index is -0.384. The molecular weight excluding hydrogens is 250 g/mol. The van der Waals surface area contributed by atoms with E-state index in [0.29, 0.717) is 25.0 Å². The maximum absolute atomic E-state index is 11.3. The third-order valence-electron chi connectivity index (χ3n) is 2.20. The summed E-state index contributed by atoms with van der Waals surface area (Å²) in [7, 11) is 0. The van der Waals surface area contributed by atoms with Crippen LogP contribution < -0.4 is 4.84 Å². The molecule has 0 saturated heterocycles. The molecule has 0 spiro atoms. The molecule has 0 aliphatic rings. The minimum absolute atomic E-state index is 0.286. The Hall–Kier alpha value is -2.18. The molecule has 7 heteroatoms. The van der Waals surface area contributed by atoms with E-state index in [2.05, 4.69) is 16.9 Å². The van der Waals surface area contributed by atoms with Gasteiger partial charge in [-0.1, -0.05) is 11.4 Å². The van der Waals surface area contributed by atoms with Crippen LogP contribution in [-0.4, -0.2) is 33.7 Å². The summed E-state index contributed by atoms with van der Waals surface area (Å²) in [6, 6.07) is 0. The van der Waals surface area contributed by atoms with Crippen molar-refractivity contribution in [2.75, 3.05) is 6.61 Å². The topological polar surface area (TPSA) is 83.3 Å². The molecule has 0 fully saturated rings. The fourth-order valence-electron chi connectivity index (χ4n) is 1.23. The van der Waals surface area contributed by atoms with Gasteiger partial charge in [0, 0.05) is 12.0 Å². The van der Waals surface area contributed by atoms with Crippen LogP contribution in [0.3, 0.4) is 0 Å². The van der Waals surface area contributed by atoms with Crippen molar-refractivity contribution >= 4 is 11.9 Å². The average molecular weight is 267 g/mol. The van der Waals surface area contributed by atoms with Crippen molar-refractivity contribution in [3.63, 3.8) is 0 Å². The molecule has 0 saturated carbocycles. The Morgan fingerprint density at radius 1 is 1.32 bits per heavy atom. The van der Waals surface area contributed by atoms with E-state index in [4.69, 9.17) is 9.57 Å². The highest BCUT2D eigenvalue weighted by atomic mass is 16.7. The van der Waals surface area contributed by atoms with Gasteiger partial charge < -0.3 is 9.57 Å². The summed E-state index contributed by atoms with van der Waals surface area (Å²) < 4.78 is 4.92. The summed E-state index contributed by atoms with van der Waals surface area (Å²) in [6.45, 7) is 5.42. The van der Waals surface area contributed by atoms with Gasteiger partial charge in [-0.05, 0) is 31.4 Å². The molecular formula is C12H17N3O4. The highest BCUT2D eigenvalue weighted by Crippen LogP contribution is 2.02. The maximum atomic E-state index is 11.3. The van der Waals surface area contributed by atoms with E-state index >= 15 is 0 Å². The van der Waals surface area contributed by atoms with Crippen LogP contribution in [0, 0.1) is 0 Å². The summed E-state index contributed by atoms with van der Waals surface area (Å²) in [5, 5.41) is 7.01. The third kappa shape index (κ3) is 6.35. The predicted molar refractivity (Wildman–Crippen MR) is 65.9 cm³/mol. The predicted octanol–water partition coefficient (Wildman–Crippen LogP) is 0.913. The second-order valence-corrected chi connectivity index (χ2v) is 4.00. The van der Waals surface area contributed by atoms with Gasteiger partial charge in [0.25, 0.3) is 0 Å². The second-order valence-electron chi connectivity index (χ2n) is 4.00. The summed E-state index contributed by atoms with van der Waals surface area (Å²) >= 11 is 0. The number of esters is 1. The van der Waals surface area contributed by atoms with Gasteiger partial charge in [-0.15, -0.1) is 5.10 Å². The Morgan fingerprint density at radius 3 is 2.74 bits per heavy atom. The van der Waals surface area contributed by atoms with E-state index in [-0.39, 0.29) is 18.4 Å². The number of carbonyl (C=O) groups is 2. The number of carbonyl (C=O) groups excluding carboxylic acids is 2. The van der Waals surface area contributed by atoms with Crippen molar-refractivity contribution in [3.8, 4) is 0 Å². The first-order valence-corrected chi connectivity index (χ1v) is 5.99. The molecule has 0 aliphatic carbocycles. The fraction of sp³-hybridized carbons (Fsp3) is 0.500. The van der Waals surface area contributed by atoms with E-state index in [1.54, 1.807) is 6.92 Å². The molecule has 0 bridgehead atoms. The standard InChI is InChI=1S/C12H17N3O4/c1-10(2)12(17)18-9-5-3-4-6-11(16)19-15-8-7-13-14-15/h7-8H,1,3-6,9H2,2H3. The Bertz CT molecular complexity index is 428. The lowest BCUT2D eigenvalue weighted by molar-refractivity contribution is -0.146. The zero-order chi connectivity index (χ0) is 14.1. The first kappa shape index (κ1) is 14.9.